The Morgan fingerprint density at radius 1 is 0.648 bits per heavy atom. The molecule has 2 aliphatic rings. The number of hydrogen-bond acceptors (Lipinski definition) is 10. The third-order valence-electron chi connectivity index (χ3n) is 11.9. The summed E-state index contributed by atoms with van der Waals surface area (Å²) in [5, 5.41) is 31.1. The van der Waals surface area contributed by atoms with Gasteiger partial charge in [-0.2, -0.15) is 36.5 Å². The molecule has 22 heteroatoms. The van der Waals surface area contributed by atoms with Crippen molar-refractivity contribution >= 4 is 47.0 Å². The van der Waals surface area contributed by atoms with Crippen molar-refractivity contribution in [1.29, 1.82) is 0 Å². The Hall–Kier alpha value is -7.39. The zero-order valence-corrected chi connectivity index (χ0v) is 39.1. The highest BCUT2D eigenvalue weighted by Crippen LogP contribution is 2.40. The molecule has 8 rings (SSSR count). The Kier molecular flexibility index (Phi) is 15.4. The lowest BCUT2D eigenvalue weighted by atomic mass is 10.1. The number of benzene rings is 4. The largest absolute Gasteiger partial charge is 0.478 e. The Bertz CT molecular complexity index is 2920. The number of carbonyl (C=O) groups is 4. The van der Waals surface area contributed by atoms with Crippen molar-refractivity contribution in [3.63, 3.8) is 0 Å². The molecule has 374 valence electrons. The number of carbonyl (C=O) groups excluding carboxylic acids is 3. The summed E-state index contributed by atoms with van der Waals surface area (Å²) in [6, 6.07) is 25.2. The summed E-state index contributed by atoms with van der Waals surface area (Å²) >= 11 is 5.91. The van der Waals surface area contributed by atoms with Gasteiger partial charge in [0.15, 0.2) is 11.4 Å². The van der Waals surface area contributed by atoms with Gasteiger partial charge in [-0.25, -0.2) is 19.0 Å². The standard InChI is InChI=1S/C25H25F3N4O4.C24H22ClF3N4O3/c1-15(18-6-8-19(9-7-18)24(35)36-2)29-22(34)20-21(25(26,27)28)30-32-11-10-31(23(20)32)13-16-4-3-5-17(12-16)14-33;1-14(17-5-7-18(8-6-17)23(34)35)29-21(33)19-20(24(26,27)28)30-32-10-9-31(22(19)32)13-16-4-2-3-15(11-16)12-25/h3-9,12,15,33H,10-11,13-14H2,1-2H3,(H,29,34);2-8,11,14H,9-10,12-13H2,1H3,(H,29,33)(H,34,35)/t15-;14-/m00/s1. The Labute approximate surface area is 407 Å². The van der Waals surface area contributed by atoms with Crippen LogP contribution in [0.5, 0.6) is 0 Å². The normalized spacial score (nSPS) is 14.0. The molecule has 0 bridgehead atoms. The van der Waals surface area contributed by atoms with Crippen molar-refractivity contribution in [3.05, 3.63) is 164 Å². The minimum Gasteiger partial charge on any atom is -0.478 e. The van der Waals surface area contributed by atoms with Crippen LogP contribution in [0.15, 0.2) is 97.1 Å². The van der Waals surface area contributed by atoms with Crippen LogP contribution < -0.4 is 20.4 Å². The molecule has 4 heterocycles. The first-order valence-electron chi connectivity index (χ1n) is 22.0. The summed E-state index contributed by atoms with van der Waals surface area (Å²) in [7, 11) is 1.26. The number of aliphatic hydroxyl groups excluding tert-OH is 1. The number of rotatable bonds is 14. The lowest BCUT2D eigenvalue weighted by Gasteiger charge is -2.21. The first kappa shape index (κ1) is 51.5. The van der Waals surface area contributed by atoms with Crippen molar-refractivity contribution < 1.29 is 60.5 Å². The third kappa shape index (κ3) is 11.6. The van der Waals surface area contributed by atoms with E-state index in [0.29, 0.717) is 47.8 Å². The van der Waals surface area contributed by atoms with Crippen LogP contribution in [0.4, 0.5) is 38.0 Å². The zero-order chi connectivity index (χ0) is 51.4. The monoisotopic (exact) mass is 1010 g/mol. The Morgan fingerprint density at radius 2 is 1.06 bits per heavy atom. The second-order valence-electron chi connectivity index (χ2n) is 16.7. The lowest BCUT2D eigenvalue weighted by molar-refractivity contribution is -0.142. The number of nitrogens with zero attached hydrogens (tertiary/aromatic N) is 6. The van der Waals surface area contributed by atoms with E-state index < -0.39 is 70.7 Å². The average molecular weight is 1010 g/mol. The first-order valence-corrected chi connectivity index (χ1v) is 22.6. The van der Waals surface area contributed by atoms with Crippen molar-refractivity contribution in [1.82, 2.24) is 30.2 Å². The fraction of sp³-hybridized carbons (Fsp3) is 0.306. The van der Waals surface area contributed by atoms with Crippen molar-refractivity contribution in [2.24, 2.45) is 0 Å². The molecule has 0 saturated carbocycles. The van der Waals surface area contributed by atoms with E-state index in [1.165, 1.54) is 52.9 Å². The molecule has 15 nitrogen and oxygen atoms in total. The van der Waals surface area contributed by atoms with Crippen LogP contribution >= 0.6 is 11.6 Å². The number of nitrogens with one attached hydrogen (secondary N) is 2. The molecule has 2 aliphatic heterocycles. The molecule has 0 unspecified atom stereocenters. The molecule has 4 N–H and O–H groups in total. The molecule has 0 fully saturated rings. The van der Waals surface area contributed by atoms with Gasteiger partial charge in [0.1, 0.15) is 22.8 Å². The van der Waals surface area contributed by atoms with Crippen LogP contribution in [0, 0.1) is 0 Å². The minimum atomic E-state index is -4.82. The number of anilines is 2. The highest BCUT2D eigenvalue weighted by atomic mass is 35.5. The van der Waals surface area contributed by atoms with Gasteiger partial charge < -0.3 is 35.4 Å². The number of halogens is 7. The molecular weight excluding hydrogens is 962 g/mol. The van der Waals surface area contributed by atoms with E-state index in [1.54, 1.807) is 54.0 Å². The molecule has 2 atom stereocenters. The van der Waals surface area contributed by atoms with Crippen molar-refractivity contribution in [2.45, 2.75) is 76.9 Å². The SMILES string of the molecule is COC(=O)c1ccc([C@H](C)NC(=O)c2c(C(F)(F)F)nn3c2N(Cc2cccc(CO)c2)CC3)cc1.C[C@H](NC(=O)c1c(C(F)(F)F)nn2c1N(Cc1cccc(CCl)c1)CC2)c1ccc(C(=O)O)cc1. The number of amides is 2. The van der Waals surface area contributed by atoms with E-state index in [9.17, 15) is 50.6 Å². The number of aromatic nitrogens is 4. The summed E-state index contributed by atoms with van der Waals surface area (Å²) in [6.07, 6.45) is -9.64. The number of carboxylic acid groups (broad SMARTS) is 1. The van der Waals surface area contributed by atoms with E-state index in [2.05, 4.69) is 25.6 Å². The van der Waals surface area contributed by atoms with Gasteiger partial charge in [-0.1, -0.05) is 72.8 Å². The number of aromatic carboxylic acids is 1. The second-order valence-corrected chi connectivity index (χ2v) is 17.0. The van der Waals surface area contributed by atoms with E-state index in [-0.39, 0.29) is 43.4 Å². The molecule has 0 aliphatic carbocycles. The summed E-state index contributed by atoms with van der Waals surface area (Å²) < 4.78 is 90.3. The molecule has 4 aromatic carbocycles. The summed E-state index contributed by atoms with van der Waals surface area (Å²) in [4.78, 5) is 52.5. The number of alkyl halides is 7. The van der Waals surface area contributed by atoms with Crippen LogP contribution in [0.3, 0.4) is 0 Å². The summed E-state index contributed by atoms with van der Waals surface area (Å²) in [5.74, 6) is -2.91. The minimum absolute atomic E-state index is 0.0648. The smallest absolute Gasteiger partial charge is 0.436 e. The van der Waals surface area contributed by atoms with Crippen LogP contribution in [0.25, 0.3) is 0 Å². The van der Waals surface area contributed by atoms with Crippen LogP contribution in [-0.4, -0.2) is 73.7 Å². The van der Waals surface area contributed by atoms with Gasteiger partial charge in [0.05, 0.1) is 50.0 Å². The number of esters is 1. The van der Waals surface area contributed by atoms with Gasteiger partial charge in [0.25, 0.3) is 11.8 Å². The van der Waals surface area contributed by atoms with Gasteiger partial charge in [0.2, 0.25) is 0 Å². The highest BCUT2D eigenvalue weighted by molar-refractivity contribution is 6.17. The number of ether oxygens (including phenoxy) is 1. The molecular formula is C49H47ClF6N8O7. The molecule has 0 saturated heterocycles. The van der Waals surface area contributed by atoms with Gasteiger partial charge in [-0.15, -0.1) is 11.6 Å². The van der Waals surface area contributed by atoms with E-state index in [0.717, 1.165) is 16.7 Å². The number of fused-ring (bicyclic) bond motifs is 2. The number of carboxylic acids is 1. The first-order chi connectivity index (χ1) is 33.7. The Morgan fingerprint density at radius 3 is 1.45 bits per heavy atom. The molecule has 71 heavy (non-hydrogen) atoms. The van der Waals surface area contributed by atoms with Gasteiger partial charge in [0, 0.05) is 32.1 Å². The molecule has 0 radical (unpaired) electrons. The third-order valence-corrected chi connectivity index (χ3v) is 12.2. The van der Waals surface area contributed by atoms with E-state index in [4.69, 9.17) is 16.7 Å². The predicted molar refractivity (Wildman–Crippen MR) is 248 cm³/mol. The maximum absolute atomic E-state index is 13.9. The molecule has 0 spiro atoms. The fourth-order valence-corrected chi connectivity index (χ4v) is 8.52. The number of hydrogen-bond donors (Lipinski definition) is 4. The van der Waals surface area contributed by atoms with Crippen molar-refractivity contribution in [2.75, 3.05) is 30.0 Å². The summed E-state index contributed by atoms with van der Waals surface area (Å²) in [5.41, 5.74) is 1.20. The topological polar surface area (TPSA) is 184 Å². The van der Waals surface area contributed by atoms with Gasteiger partial charge in [-0.3, -0.25) is 9.59 Å². The Balaban J connectivity index is 0.000000209. The van der Waals surface area contributed by atoms with Crippen LogP contribution in [0.1, 0.15) is 112 Å². The van der Waals surface area contributed by atoms with Crippen LogP contribution in [-0.2, 0) is 55.8 Å². The molecule has 6 aromatic rings. The molecule has 2 aromatic heterocycles. The average Bonchev–Trinajstić information content (AvgIpc) is 4.13. The maximum Gasteiger partial charge on any atom is 0.436 e. The molecule has 2 amide bonds. The van der Waals surface area contributed by atoms with Crippen LogP contribution in [0.2, 0.25) is 0 Å². The van der Waals surface area contributed by atoms with Gasteiger partial charge in [-0.05, 0) is 71.5 Å². The summed E-state index contributed by atoms with van der Waals surface area (Å²) in [6.45, 7) is 4.84. The predicted octanol–water partition coefficient (Wildman–Crippen LogP) is 8.54. The zero-order valence-electron chi connectivity index (χ0n) is 38.3. The van der Waals surface area contributed by atoms with Gasteiger partial charge >= 0.3 is 24.3 Å². The lowest BCUT2D eigenvalue weighted by Crippen LogP contribution is -2.31. The second kappa shape index (κ2) is 21.3. The van der Waals surface area contributed by atoms with Crippen molar-refractivity contribution in [3.8, 4) is 0 Å². The van der Waals surface area contributed by atoms with E-state index >= 15 is 0 Å². The fourth-order valence-electron chi connectivity index (χ4n) is 8.35. The number of methoxy groups -OCH3 is 1. The number of aliphatic hydroxyl groups is 1. The quantitative estimate of drug-likeness (QED) is 0.0466. The van der Waals surface area contributed by atoms with E-state index in [1.807, 2.05) is 30.3 Å². The maximum atomic E-state index is 13.9. The highest BCUT2D eigenvalue weighted by Gasteiger charge is 2.46.